The Balaban J connectivity index is 1.34. The average Bonchev–Trinajstić information content (AvgIpc) is 3.56. The SMILES string of the molecule is Cc1ccc(Oc2ccc(N3C(=S)N[C@H](c4ccccn4)[C@@H]3c3ccc(-c4ccc(F)cc4)o3)cc2)cc1. The molecule has 3 heterocycles. The Bertz CT molecular complexity index is 1550. The number of ether oxygens (including phenoxy) is 1. The summed E-state index contributed by atoms with van der Waals surface area (Å²) >= 11 is 5.81. The van der Waals surface area contributed by atoms with Gasteiger partial charge in [-0.3, -0.25) is 4.98 Å². The summed E-state index contributed by atoms with van der Waals surface area (Å²) in [5.41, 5.74) is 3.71. The van der Waals surface area contributed by atoms with Gasteiger partial charge < -0.3 is 19.4 Å². The van der Waals surface area contributed by atoms with Gasteiger partial charge in [-0.05, 0) is 104 Å². The molecule has 1 N–H and O–H groups in total. The molecule has 3 aromatic carbocycles. The van der Waals surface area contributed by atoms with E-state index in [1.807, 2.05) is 90.7 Å². The van der Waals surface area contributed by atoms with Gasteiger partial charge in [0.2, 0.25) is 0 Å². The predicted octanol–water partition coefficient (Wildman–Crippen LogP) is 7.76. The van der Waals surface area contributed by atoms with E-state index in [-0.39, 0.29) is 17.9 Å². The second-order valence-corrected chi connectivity index (χ2v) is 9.50. The molecule has 0 aliphatic carbocycles. The van der Waals surface area contributed by atoms with Crippen molar-refractivity contribution in [3.8, 4) is 22.8 Å². The minimum atomic E-state index is -0.296. The van der Waals surface area contributed by atoms with Crippen LogP contribution in [-0.4, -0.2) is 10.1 Å². The Hall–Kier alpha value is -4.49. The normalized spacial score (nSPS) is 16.9. The first-order chi connectivity index (χ1) is 18.5. The van der Waals surface area contributed by atoms with Crippen molar-refractivity contribution in [2.24, 2.45) is 0 Å². The zero-order valence-electron chi connectivity index (χ0n) is 20.5. The summed E-state index contributed by atoms with van der Waals surface area (Å²) in [4.78, 5) is 6.63. The van der Waals surface area contributed by atoms with Crippen LogP contribution >= 0.6 is 12.2 Å². The maximum absolute atomic E-state index is 13.5. The van der Waals surface area contributed by atoms with Crippen LogP contribution in [0.2, 0.25) is 0 Å². The molecular weight excluding hydrogens is 497 g/mol. The number of hydrogen-bond acceptors (Lipinski definition) is 4. The largest absolute Gasteiger partial charge is 0.459 e. The molecule has 1 saturated heterocycles. The van der Waals surface area contributed by atoms with Crippen LogP contribution in [0.15, 0.2) is 114 Å². The van der Waals surface area contributed by atoms with E-state index in [4.69, 9.17) is 21.4 Å². The molecule has 0 amide bonds. The zero-order valence-corrected chi connectivity index (χ0v) is 21.4. The van der Waals surface area contributed by atoms with Crippen molar-refractivity contribution in [1.82, 2.24) is 10.3 Å². The number of pyridine rings is 1. The number of hydrogen-bond donors (Lipinski definition) is 1. The molecule has 38 heavy (non-hydrogen) atoms. The van der Waals surface area contributed by atoms with E-state index in [0.29, 0.717) is 16.6 Å². The highest BCUT2D eigenvalue weighted by Gasteiger charge is 2.42. The summed E-state index contributed by atoms with van der Waals surface area (Å²) in [7, 11) is 0. The molecule has 2 atom stereocenters. The topological polar surface area (TPSA) is 50.5 Å². The number of halogens is 1. The lowest BCUT2D eigenvalue weighted by Crippen LogP contribution is -2.29. The highest BCUT2D eigenvalue weighted by molar-refractivity contribution is 7.80. The fourth-order valence-electron chi connectivity index (χ4n) is 4.62. The van der Waals surface area contributed by atoms with Gasteiger partial charge in [-0.1, -0.05) is 23.8 Å². The summed E-state index contributed by atoms with van der Waals surface area (Å²) in [5.74, 6) is 2.58. The Kier molecular flexibility index (Phi) is 6.35. The van der Waals surface area contributed by atoms with Crippen LogP contribution < -0.4 is 15.0 Å². The van der Waals surface area contributed by atoms with Crippen molar-refractivity contribution < 1.29 is 13.5 Å². The van der Waals surface area contributed by atoms with Gasteiger partial charge in [-0.25, -0.2) is 4.39 Å². The lowest BCUT2D eigenvalue weighted by atomic mass is 10.0. The molecule has 0 spiro atoms. The van der Waals surface area contributed by atoms with Crippen LogP contribution in [0.4, 0.5) is 10.1 Å². The van der Waals surface area contributed by atoms with E-state index in [1.165, 1.54) is 17.7 Å². The summed E-state index contributed by atoms with van der Waals surface area (Å²) in [6.07, 6.45) is 1.77. The quantitative estimate of drug-likeness (QED) is 0.231. The van der Waals surface area contributed by atoms with Gasteiger partial charge in [-0.2, -0.15) is 0 Å². The third-order valence-corrected chi connectivity index (χ3v) is 6.83. The average molecular weight is 522 g/mol. The van der Waals surface area contributed by atoms with E-state index in [0.717, 1.165) is 28.4 Å². The van der Waals surface area contributed by atoms with Gasteiger partial charge in [0.05, 0.1) is 11.7 Å². The van der Waals surface area contributed by atoms with E-state index >= 15 is 0 Å². The second-order valence-electron chi connectivity index (χ2n) is 9.11. The van der Waals surface area contributed by atoms with Gasteiger partial charge in [0, 0.05) is 17.4 Å². The van der Waals surface area contributed by atoms with Crippen LogP contribution in [0.5, 0.6) is 11.5 Å². The number of aryl methyl sites for hydroxylation is 1. The van der Waals surface area contributed by atoms with Gasteiger partial charge >= 0.3 is 0 Å². The second kappa shape index (κ2) is 10.1. The molecular formula is C31H24FN3O2S. The van der Waals surface area contributed by atoms with E-state index in [1.54, 1.807) is 18.3 Å². The van der Waals surface area contributed by atoms with E-state index < -0.39 is 0 Å². The third-order valence-electron chi connectivity index (χ3n) is 6.52. The number of furan rings is 1. The minimum Gasteiger partial charge on any atom is -0.459 e. The standard InChI is InChI=1S/C31H24FN3O2S/c1-20-5-13-24(14-6-20)36-25-15-11-23(12-16-25)35-30(29(34-31(35)38)26-4-2-3-19-33-26)28-18-17-27(37-28)21-7-9-22(32)10-8-21/h2-19,29-30H,1H3,(H,34,38)/t29-,30+/m1/s1. The maximum Gasteiger partial charge on any atom is 0.174 e. The lowest BCUT2D eigenvalue weighted by Gasteiger charge is -2.26. The molecule has 7 heteroatoms. The number of anilines is 1. The summed E-state index contributed by atoms with van der Waals surface area (Å²) < 4.78 is 25.8. The van der Waals surface area contributed by atoms with Crippen LogP contribution in [0, 0.1) is 12.7 Å². The van der Waals surface area contributed by atoms with Gasteiger partial charge in [-0.15, -0.1) is 0 Å². The number of nitrogens with one attached hydrogen (secondary N) is 1. The molecule has 5 aromatic rings. The van der Waals surface area contributed by atoms with Crippen molar-refractivity contribution in [3.63, 3.8) is 0 Å². The third kappa shape index (κ3) is 4.76. The van der Waals surface area contributed by atoms with E-state index in [2.05, 4.69) is 10.3 Å². The molecule has 5 nitrogen and oxygen atoms in total. The monoisotopic (exact) mass is 521 g/mol. The molecule has 2 aromatic heterocycles. The van der Waals surface area contributed by atoms with Crippen molar-refractivity contribution in [2.45, 2.75) is 19.0 Å². The highest BCUT2D eigenvalue weighted by atomic mass is 32.1. The first-order valence-corrected chi connectivity index (χ1v) is 12.7. The van der Waals surface area contributed by atoms with Crippen molar-refractivity contribution in [3.05, 3.63) is 132 Å². The Morgan fingerprint density at radius 3 is 2.26 bits per heavy atom. The van der Waals surface area contributed by atoms with Crippen molar-refractivity contribution in [1.29, 1.82) is 0 Å². The first-order valence-electron chi connectivity index (χ1n) is 12.3. The predicted molar refractivity (Wildman–Crippen MR) is 150 cm³/mol. The molecule has 0 bridgehead atoms. The van der Waals surface area contributed by atoms with Crippen LogP contribution in [0.25, 0.3) is 11.3 Å². The first kappa shape index (κ1) is 23.9. The zero-order chi connectivity index (χ0) is 26.1. The number of nitrogens with zero attached hydrogens (tertiary/aromatic N) is 2. The maximum atomic E-state index is 13.5. The minimum absolute atomic E-state index is 0.237. The number of rotatable bonds is 6. The van der Waals surface area contributed by atoms with Crippen molar-refractivity contribution in [2.75, 3.05) is 4.90 Å². The molecule has 1 aliphatic heterocycles. The smallest absolute Gasteiger partial charge is 0.174 e. The Morgan fingerprint density at radius 2 is 1.58 bits per heavy atom. The molecule has 0 saturated carbocycles. The van der Waals surface area contributed by atoms with Gasteiger partial charge in [0.1, 0.15) is 34.9 Å². The summed E-state index contributed by atoms with van der Waals surface area (Å²) in [6, 6.07) is 31.1. The fourth-order valence-corrected chi connectivity index (χ4v) is 4.97. The molecule has 1 aliphatic rings. The molecule has 1 fully saturated rings. The summed E-state index contributed by atoms with van der Waals surface area (Å²) in [6.45, 7) is 2.04. The van der Waals surface area contributed by atoms with Crippen LogP contribution in [0.3, 0.4) is 0 Å². The van der Waals surface area contributed by atoms with E-state index in [9.17, 15) is 4.39 Å². The Labute approximate surface area is 225 Å². The number of benzene rings is 3. The summed E-state index contributed by atoms with van der Waals surface area (Å²) in [5, 5.41) is 4.00. The van der Waals surface area contributed by atoms with Crippen molar-refractivity contribution >= 4 is 23.0 Å². The van der Waals surface area contributed by atoms with Crippen LogP contribution in [-0.2, 0) is 0 Å². The van der Waals surface area contributed by atoms with Gasteiger partial charge in [0.15, 0.2) is 5.11 Å². The molecule has 188 valence electrons. The number of aromatic nitrogens is 1. The number of thiocarbonyl (C=S) groups is 1. The van der Waals surface area contributed by atoms with Gasteiger partial charge in [0.25, 0.3) is 0 Å². The highest BCUT2D eigenvalue weighted by Crippen LogP contribution is 2.43. The fraction of sp³-hybridized carbons (Fsp3) is 0.0968. The lowest BCUT2D eigenvalue weighted by molar-refractivity contribution is 0.439. The Morgan fingerprint density at radius 1 is 0.868 bits per heavy atom. The molecule has 0 unspecified atom stereocenters. The molecule has 6 rings (SSSR count). The van der Waals surface area contributed by atoms with Crippen LogP contribution in [0.1, 0.15) is 29.1 Å². The molecule has 0 radical (unpaired) electrons.